The Balaban J connectivity index is 3.13. The molecule has 0 fully saturated rings. The van der Waals surface area contributed by atoms with Crippen LogP contribution in [0.4, 0.5) is 4.39 Å². The van der Waals surface area contributed by atoms with Gasteiger partial charge in [0.15, 0.2) is 0 Å². The fourth-order valence-corrected chi connectivity index (χ4v) is 0.928. The molecule has 3 heteroatoms. The van der Waals surface area contributed by atoms with E-state index in [0.29, 0.717) is 11.3 Å². The summed E-state index contributed by atoms with van der Waals surface area (Å²) in [6, 6.07) is 4.64. The topological polar surface area (TPSA) is 9.23 Å². The van der Waals surface area contributed by atoms with E-state index in [1.165, 1.54) is 13.2 Å². The van der Waals surface area contributed by atoms with E-state index in [2.05, 4.69) is 0 Å². The van der Waals surface area contributed by atoms with Gasteiger partial charge in [0, 0.05) is 5.56 Å². The summed E-state index contributed by atoms with van der Waals surface area (Å²) in [5.74, 6) is 0.194. The summed E-state index contributed by atoms with van der Waals surface area (Å²) in [6.45, 7) is 0. The molecule has 0 atom stereocenters. The summed E-state index contributed by atoms with van der Waals surface area (Å²) in [5.41, 5.74) is 0.426. The predicted octanol–water partition coefficient (Wildman–Crippen LogP) is 1.50. The van der Waals surface area contributed by atoms with Crippen LogP contribution in [0.1, 0.15) is 5.56 Å². The van der Waals surface area contributed by atoms with Crippen LogP contribution in [-0.4, -0.2) is 15.0 Å². The summed E-state index contributed by atoms with van der Waals surface area (Å²) in [6.07, 6.45) is 0.163. The Morgan fingerprint density at radius 1 is 1.55 bits per heavy atom. The van der Waals surface area contributed by atoms with E-state index in [1.54, 1.807) is 12.1 Å². The molecule has 0 spiro atoms. The minimum absolute atomic E-state index is 0.163. The van der Waals surface area contributed by atoms with E-state index < -0.39 is 0 Å². The summed E-state index contributed by atoms with van der Waals surface area (Å²) in [5, 5.41) is 0. The summed E-state index contributed by atoms with van der Waals surface area (Å²) < 4.78 is 17.8. The molecule has 1 nitrogen and oxygen atoms in total. The van der Waals surface area contributed by atoms with E-state index in [4.69, 9.17) is 12.6 Å². The molecule has 1 rings (SSSR count). The van der Waals surface area contributed by atoms with Crippen LogP contribution in [-0.2, 0) is 6.32 Å². The van der Waals surface area contributed by atoms with Crippen molar-refractivity contribution in [2.75, 3.05) is 7.11 Å². The van der Waals surface area contributed by atoms with Gasteiger partial charge in [-0.05, 0) is 12.1 Å². The van der Waals surface area contributed by atoms with Crippen LogP contribution in [0.2, 0.25) is 0 Å². The minimum Gasteiger partial charge on any atom is -0.496 e. The van der Waals surface area contributed by atoms with Crippen molar-refractivity contribution < 1.29 is 9.13 Å². The Morgan fingerprint density at radius 3 is 2.73 bits per heavy atom. The molecular formula is C8H8BFO. The van der Waals surface area contributed by atoms with Crippen molar-refractivity contribution in [2.24, 2.45) is 0 Å². The van der Waals surface area contributed by atoms with Crippen LogP contribution in [0, 0.1) is 5.82 Å². The highest BCUT2D eigenvalue weighted by Crippen LogP contribution is 2.20. The number of benzene rings is 1. The number of halogens is 1. The first-order chi connectivity index (χ1) is 5.29. The van der Waals surface area contributed by atoms with Gasteiger partial charge in [0.05, 0.1) is 15.0 Å². The third-order valence-corrected chi connectivity index (χ3v) is 1.50. The molecule has 0 unspecified atom stereocenters. The fourth-order valence-electron chi connectivity index (χ4n) is 0.928. The molecule has 0 aliphatic rings. The second-order valence-corrected chi connectivity index (χ2v) is 2.12. The van der Waals surface area contributed by atoms with Gasteiger partial charge in [0.2, 0.25) is 0 Å². The van der Waals surface area contributed by atoms with Crippen LogP contribution in [0.15, 0.2) is 18.2 Å². The van der Waals surface area contributed by atoms with Crippen molar-refractivity contribution >= 4 is 7.85 Å². The zero-order valence-corrected chi connectivity index (χ0v) is 6.30. The van der Waals surface area contributed by atoms with Crippen molar-refractivity contribution in [3.05, 3.63) is 29.6 Å². The van der Waals surface area contributed by atoms with Gasteiger partial charge >= 0.3 is 0 Å². The standard InChI is InChI=1S/C8H8BFO/c1-11-8-4-2-3-7(10)6(8)5-9/h2-4H,5H2,1H3. The normalized spacial score (nSPS) is 9.64. The van der Waals surface area contributed by atoms with Gasteiger partial charge in [-0.25, -0.2) is 4.39 Å². The van der Waals surface area contributed by atoms with Gasteiger partial charge < -0.3 is 4.74 Å². The monoisotopic (exact) mass is 150 g/mol. The number of methoxy groups -OCH3 is 1. The first-order valence-electron chi connectivity index (χ1n) is 3.31. The summed E-state index contributed by atoms with van der Waals surface area (Å²) in [4.78, 5) is 0. The largest absolute Gasteiger partial charge is 0.496 e. The lowest BCUT2D eigenvalue weighted by Gasteiger charge is -2.06. The van der Waals surface area contributed by atoms with Gasteiger partial charge in [0.1, 0.15) is 11.6 Å². The van der Waals surface area contributed by atoms with E-state index in [0.717, 1.165) is 0 Å². The lowest BCUT2D eigenvalue weighted by atomic mass is 9.96. The maximum Gasteiger partial charge on any atom is 0.129 e. The SMILES string of the molecule is [B]Cc1c(F)cccc1OC. The third kappa shape index (κ3) is 1.53. The number of hydrogen-bond donors (Lipinski definition) is 0. The first kappa shape index (κ1) is 8.11. The lowest BCUT2D eigenvalue weighted by Crippen LogP contribution is -1.95. The summed E-state index contributed by atoms with van der Waals surface area (Å²) >= 11 is 0. The van der Waals surface area contributed by atoms with E-state index in [1.807, 2.05) is 0 Å². The molecule has 0 amide bonds. The Kier molecular flexibility index (Phi) is 2.52. The second kappa shape index (κ2) is 3.42. The van der Waals surface area contributed by atoms with Crippen molar-refractivity contribution in [3.63, 3.8) is 0 Å². The van der Waals surface area contributed by atoms with Crippen LogP contribution in [0.5, 0.6) is 5.75 Å². The molecule has 0 saturated heterocycles. The molecule has 1 aromatic carbocycles. The Morgan fingerprint density at radius 2 is 2.27 bits per heavy atom. The quantitative estimate of drug-likeness (QED) is 0.580. The van der Waals surface area contributed by atoms with Gasteiger partial charge in [0.25, 0.3) is 0 Å². The maximum atomic E-state index is 12.9. The molecule has 1 aromatic rings. The summed E-state index contributed by atoms with van der Waals surface area (Å²) in [7, 11) is 6.80. The zero-order chi connectivity index (χ0) is 8.27. The molecule has 0 aliphatic heterocycles. The average molecular weight is 150 g/mol. The molecule has 0 aromatic heterocycles. The van der Waals surface area contributed by atoms with Crippen molar-refractivity contribution in [1.29, 1.82) is 0 Å². The van der Waals surface area contributed by atoms with Crippen LogP contribution >= 0.6 is 0 Å². The highest BCUT2D eigenvalue weighted by atomic mass is 19.1. The Hall–Kier alpha value is -0.985. The van der Waals surface area contributed by atoms with E-state index in [9.17, 15) is 4.39 Å². The molecule has 0 bridgehead atoms. The van der Waals surface area contributed by atoms with Crippen LogP contribution in [0.3, 0.4) is 0 Å². The molecule has 0 saturated carbocycles. The van der Waals surface area contributed by atoms with E-state index >= 15 is 0 Å². The number of hydrogen-bond acceptors (Lipinski definition) is 1. The number of rotatable bonds is 2. The molecule has 2 radical (unpaired) electrons. The predicted molar refractivity (Wildman–Crippen MR) is 42.4 cm³/mol. The molecule has 0 N–H and O–H groups in total. The smallest absolute Gasteiger partial charge is 0.129 e. The zero-order valence-electron chi connectivity index (χ0n) is 6.30. The second-order valence-electron chi connectivity index (χ2n) is 2.12. The molecular weight excluding hydrogens is 142 g/mol. The molecule has 0 aliphatic carbocycles. The highest BCUT2D eigenvalue weighted by molar-refractivity contribution is 6.08. The molecule has 11 heavy (non-hydrogen) atoms. The average Bonchev–Trinajstić information content (AvgIpc) is 2.04. The minimum atomic E-state index is -0.313. The fraction of sp³-hybridized carbons (Fsp3) is 0.250. The van der Waals surface area contributed by atoms with Crippen LogP contribution in [0.25, 0.3) is 0 Å². The number of ether oxygens (including phenoxy) is 1. The van der Waals surface area contributed by atoms with Crippen LogP contribution < -0.4 is 4.74 Å². The molecule has 0 heterocycles. The lowest BCUT2D eigenvalue weighted by molar-refractivity contribution is 0.406. The van der Waals surface area contributed by atoms with E-state index in [-0.39, 0.29) is 12.1 Å². The van der Waals surface area contributed by atoms with Gasteiger partial charge in [-0.1, -0.05) is 12.4 Å². The highest BCUT2D eigenvalue weighted by Gasteiger charge is 2.04. The third-order valence-electron chi connectivity index (χ3n) is 1.50. The van der Waals surface area contributed by atoms with Gasteiger partial charge in [-0.3, -0.25) is 0 Å². The Labute approximate surface area is 66.6 Å². The van der Waals surface area contributed by atoms with Crippen molar-refractivity contribution in [1.82, 2.24) is 0 Å². The first-order valence-corrected chi connectivity index (χ1v) is 3.31. The Bertz CT molecular complexity index is 250. The van der Waals surface area contributed by atoms with Gasteiger partial charge in [-0.2, -0.15) is 0 Å². The maximum absolute atomic E-state index is 12.9. The van der Waals surface area contributed by atoms with Crippen molar-refractivity contribution in [2.45, 2.75) is 6.32 Å². The molecule has 56 valence electrons. The van der Waals surface area contributed by atoms with Crippen molar-refractivity contribution in [3.8, 4) is 5.75 Å². The van der Waals surface area contributed by atoms with Gasteiger partial charge in [-0.15, -0.1) is 0 Å².